The van der Waals surface area contributed by atoms with Crippen LogP contribution in [0.5, 0.6) is 0 Å². The number of hydrogen-bond acceptors (Lipinski definition) is 3. The summed E-state index contributed by atoms with van der Waals surface area (Å²) in [6, 6.07) is 2.55. The van der Waals surface area contributed by atoms with Crippen LogP contribution in [0.2, 0.25) is 0 Å². The van der Waals surface area contributed by atoms with Crippen LogP contribution >= 0.6 is 0 Å². The molecule has 0 aliphatic heterocycles. The number of nitrogens with two attached hydrogens (primary N) is 1. The van der Waals surface area contributed by atoms with Gasteiger partial charge in [-0.25, -0.2) is 0 Å². The third-order valence-corrected chi connectivity index (χ3v) is 2.83. The number of hydrogen-bond donors (Lipinski definition) is 2. The Hall–Kier alpha value is -1.25. The highest BCUT2D eigenvalue weighted by Gasteiger charge is 2.20. The molecule has 1 aromatic heterocycles. The second kappa shape index (κ2) is 3.86. The zero-order chi connectivity index (χ0) is 9.97. The van der Waals surface area contributed by atoms with E-state index >= 15 is 0 Å². The van der Waals surface area contributed by atoms with Crippen molar-refractivity contribution in [3.05, 3.63) is 18.5 Å². The van der Waals surface area contributed by atoms with Gasteiger partial charge in [-0.05, 0) is 31.2 Å². The van der Waals surface area contributed by atoms with Crippen LogP contribution in [-0.2, 0) is 0 Å². The van der Waals surface area contributed by atoms with Crippen molar-refractivity contribution in [3.63, 3.8) is 0 Å². The van der Waals surface area contributed by atoms with Crippen molar-refractivity contribution in [2.24, 2.45) is 5.92 Å². The number of nitrogen functional groups attached to an aromatic ring is 1. The summed E-state index contributed by atoms with van der Waals surface area (Å²) < 4.78 is 0. The SMILES string of the molecule is CC1CCC(Nc2cncc(N)c2)C1. The summed E-state index contributed by atoms with van der Waals surface area (Å²) in [6.07, 6.45) is 7.35. The van der Waals surface area contributed by atoms with Gasteiger partial charge in [0.05, 0.1) is 17.6 Å². The minimum Gasteiger partial charge on any atom is -0.397 e. The van der Waals surface area contributed by atoms with Gasteiger partial charge in [0.25, 0.3) is 0 Å². The third-order valence-electron chi connectivity index (χ3n) is 2.83. The second-order valence-corrected chi connectivity index (χ2v) is 4.27. The maximum Gasteiger partial charge on any atom is 0.0549 e. The molecule has 0 saturated heterocycles. The fourth-order valence-corrected chi connectivity index (χ4v) is 2.11. The van der Waals surface area contributed by atoms with E-state index in [-0.39, 0.29) is 0 Å². The van der Waals surface area contributed by atoms with Gasteiger partial charge in [0.15, 0.2) is 0 Å². The minimum atomic E-state index is 0.605. The normalized spacial score (nSPS) is 26.4. The monoisotopic (exact) mass is 191 g/mol. The van der Waals surface area contributed by atoms with Gasteiger partial charge in [-0.3, -0.25) is 4.98 Å². The molecule has 2 unspecified atom stereocenters. The number of nitrogens with zero attached hydrogens (tertiary/aromatic N) is 1. The van der Waals surface area contributed by atoms with Gasteiger partial charge in [0, 0.05) is 12.2 Å². The molecule has 0 bridgehead atoms. The Kier molecular flexibility index (Phi) is 2.57. The fraction of sp³-hybridized carbons (Fsp3) is 0.545. The van der Waals surface area contributed by atoms with Crippen molar-refractivity contribution in [1.82, 2.24) is 4.98 Å². The Morgan fingerprint density at radius 2 is 2.29 bits per heavy atom. The summed E-state index contributed by atoms with van der Waals surface area (Å²) in [7, 11) is 0. The Morgan fingerprint density at radius 1 is 1.43 bits per heavy atom. The van der Waals surface area contributed by atoms with Crippen LogP contribution in [0.4, 0.5) is 11.4 Å². The van der Waals surface area contributed by atoms with Gasteiger partial charge in [-0.1, -0.05) is 6.92 Å². The molecular formula is C11H17N3. The first kappa shape index (κ1) is 9.31. The molecule has 1 aromatic rings. The highest BCUT2D eigenvalue weighted by Crippen LogP contribution is 2.27. The van der Waals surface area contributed by atoms with Gasteiger partial charge in [-0.2, -0.15) is 0 Å². The van der Waals surface area contributed by atoms with E-state index in [2.05, 4.69) is 17.2 Å². The lowest BCUT2D eigenvalue weighted by Crippen LogP contribution is -2.15. The molecule has 3 nitrogen and oxygen atoms in total. The molecule has 1 aliphatic rings. The zero-order valence-corrected chi connectivity index (χ0v) is 8.53. The molecular weight excluding hydrogens is 174 g/mol. The topological polar surface area (TPSA) is 50.9 Å². The maximum atomic E-state index is 5.66. The molecule has 3 heteroatoms. The molecule has 2 rings (SSSR count). The summed E-state index contributed by atoms with van der Waals surface area (Å²) in [4.78, 5) is 4.06. The highest BCUT2D eigenvalue weighted by molar-refractivity contribution is 5.51. The summed E-state index contributed by atoms with van der Waals surface area (Å²) in [6.45, 7) is 2.30. The van der Waals surface area contributed by atoms with Crippen molar-refractivity contribution in [1.29, 1.82) is 0 Å². The van der Waals surface area contributed by atoms with Crippen molar-refractivity contribution in [3.8, 4) is 0 Å². The molecule has 0 radical (unpaired) electrons. The summed E-state index contributed by atoms with van der Waals surface area (Å²) in [5.41, 5.74) is 7.43. The lowest BCUT2D eigenvalue weighted by Gasteiger charge is -2.13. The number of pyridine rings is 1. The first-order valence-electron chi connectivity index (χ1n) is 5.21. The third kappa shape index (κ3) is 2.16. The summed E-state index contributed by atoms with van der Waals surface area (Å²) in [5, 5.41) is 3.47. The van der Waals surface area contributed by atoms with Crippen LogP contribution in [0.25, 0.3) is 0 Å². The number of rotatable bonds is 2. The average molecular weight is 191 g/mol. The van der Waals surface area contributed by atoms with Gasteiger partial charge in [0.1, 0.15) is 0 Å². The van der Waals surface area contributed by atoms with E-state index in [9.17, 15) is 0 Å². The van der Waals surface area contributed by atoms with Crippen LogP contribution in [0, 0.1) is 5.92 Å². The maximum absolute atomic E-state index is 5.66. The van der Waals surface area contributed by atoms with Crippen LogP contribution in [0.15, 0.2) is 18.5 Å². The zero-order valence-electron chi connectivity index (χ0n) is 8.53. The summed E-state index contributed by atoms with van der Waals surface area (Å²) >= 11 is 0. The quantitative estimate of drug-likeness (QED) is 0.754. The highest BCUT2D eigenvalue weighted by atomic mass is 14.9. The number of anilines is 2. The van der Waals surface area contributed by atoms with Gasteiger partial charge in [0.2, 0.25) is 0 Å². The Balaban J connectivity index is 1.97. The predicted molar refractivity (Wildman–Crippen MR) is 59.1 cm³/mol. The largest absolute Gasteiger partial charge is 0.397 e. The molecule has 1 fully saturated rings. The molecule has 3 N–H and O–H groups in total. The molecule has 1 heterocycles. The van der Waals surface area contributed by atoms with Gasteiger partial charge in [-0.15, -0.1) is 0 Å². The lowest BCUT2D eigenvalue weighted by atomic mass is 10.1. The van der Waals surface area contributed by atoms with E-state index in [1.165, 1.54) is 19.3 Å². The van der Waals surface area contributed by atoms with Crippen molar-refractivity contribution in [2.75, 3.05) is 11.1 Å². The van der Waals surface area contributed by atoms with E-state index in [1.807, 2.05) is 12.3 Å². The molecule has 0 spiro atoms. The van der Waals surface area contributed by atoms with Crippen molar-refractivity contribution < 1.29 is 0 Å². The van der Waals surface area contributed by atoms with Crippen LogP contribution in [0.3, 0.4) is 0 Å². The second-order valence-electron chi connectivity index (χ2n) is 4.27. The van der Waals surface area contributed by atoms with E-state index in [0.29, 0.717) is 6.04 Å². The molecule has 0 aromatic carbocycles. The molecule has 76 valence electrons. The standard InChI is InChI=1S/C11H17N3/c1-8-2-3-10(4-8)14-11-5-9(12)6-13-7-11/h5-8,10,14H,2-4,12H2,1H3. The molecule has 1 saturated carbocycles. The smallest absolute Gasteiger partial charge is 0.0549 e. The lowest BCUT2D eigenvalue weighted by molar-refractivity contribution is 0.602. The summed E-state index contributed by atoms with van der Waals surface area (Å²) in [5.74, 6) is 0.849. The molecule has 1 aliphatic carbocycles. The first-order chi connectivity index (χ1) is 6.74. The van der Waals surface area contributed by atoms with Gasteiger partial charge >= 0.3 is 0 Å². The first-order valence-corrected chi connectivity index (χ1v) is 5.21. The van der Waals surface area contributed by atoms with E-state index in [0.717, 1.165) is 17.3 Å². The Bertz CT molecular complexity index is 311. The molecule has 14 heavy (non-hydrogen) atoms. The van der Waals surface area contributed by atoms with Gasteiger partial charge < -0.3 is 11.1 Å². The van der Waals surface area contributed by atoms with Crippen molar-refractivity contribution in [2.45, 2.75) is 32.2 Å². The van der Waals surface area contributed by atoms with Crippen LogP contribution in [0.1, 0.15) is 26.2 Å². The van der Waals surface area contributed by atoms with Crippen LogP contribution < -0.4 is 11.1 Å². The fourth-order valence-electron chi connectivity index (χ4n) is 2.11. The predicted octanol–water partition coefficient (Wildman–Crippen LogP) is 2.26. The molecule has 2 atom stereocenters. The van der Waals surface area contributed by atoms with E-state index < -0.39 is 0 Å². The van der Waals surface area contributed by atoms with E-state index in [1.54, 1.807) is 6.20 Å². The Morgan fingerprint density at radius 3 is 2.93 bits per heavy atom. The average Bonchev–Trinajstić information content (AvgIpc) is 2.51. The van der Waals surface area contributed by atoms with Crippen molar-refractivity contribution >= 4 is 11.4 Å². The van der Waals surface area contributed by atoms with E-state index in [4.69, 9.17) is 5.73 Å². The number of aromatic nitrogens is 1. The minimum absolute atomic E-state index is 0.605. The Labute approximate surface area is 84.7 Å². The number of nitrogens with one attached hydrogen (secondary N) is 1. The molecule has 0 amide bonds. The van der Waals surface area contributed by atoms with Crippen LogP contribution in [-0.4, -0.2) is 11.0 Å².